The van der Waals surface area contributed by atoms with Crippen LogP contribution < -0.4 is 5.73 Å². The smallest absolute Gasteiger partial charge is 0.225 e. The first-order valence-corrected chi connectivity index (χ1v) is 5.99. The Balaban J connectivity index is 3.93. The molecule has 2 atom stereocenters. The zero-order valence-electron chi connectivity index (χ0n) is 11.1. The summed E-state index contributed by atoms with van der Waals surface area (Å²) in [5, 5.41) is 0. The van der Waals surface area contributed by atoms with Gasteiger partial charge in [-0.15, -0.1) is 0 Å². The Kier molecular flexibility index (Phi) is 7.06. The third-order valence-corrected chi connectivity index (χ3v) is 2.60. The van der Waals surface area contributed by atoms with Gasteiger partial charge in [0.05, 0.1) is 0 Å². The zero-order valence-corrected chi connectivity index (χ0v) is 11.1. The summed E-state index contributed by atoms with van der Waals surface area (Å²) in [5.74, 6) is 0.288. The number of hydrogen-bond acceptors (Lipinski definition) is 2. The Morgan fingerprint density at radius 3 is 2.38 bits per heavy atom. The lowest BCUT2D eigenvalue weighted by molar-refractivity contribution is -0.133. The lowest BCUT2D eigenvalue weighted by Crippen LogP contribution is -2.33. The molecule has 0 aromatic carbocycles. The molecule has 0 aliphatic rings. The molecule has 0 radical (unpaired) electrons. The standard InChI is InChI=1S/C13H26N2O/c1-10(2)9-15(5)13(16)11(3)7-6-8-12(4)14/h11-12H,1,6-9,14H2,2-5H3. The fourth-order valence-corrected chi connectivity index (χ4v) is 1.73. The van der Waals surface area contributed by atoms with Gasteiger partial charge in [-0.25, -0.2) is 0 Å². The summed E-state index contributed by atoms with van der Waals surface area (Å²) in [7, 11) is 1.83. The Bertz CT molecular complexity index is 236. The van der Waals surface area contributed by atoms with Crippen molar-refractivity contribution >= 4 is 5.91 Å². The molecule has 0 fully saturated rings. The minimum absolute atomic E-state index is 0.0862. The van der Waals surface area contributed by atoms with Crippen LogP contribution in [0, 0.1) is 5.92 Å². The number of likely N-dealkylation sites (N-methyl/N-ethyl adjacent to an activating group) is 1. The van der Waals surface area contributed by atoms with E-state index in [1.807, 2.05) is 27.8 Å². The monoisotopic (exact) mass is 226 g/mol. The van der Waals surface area contributed by atoms with Gasteiger partial charge in [0.25, 0.3) is 0 Å². The number of carbonyl (C=O) groups excluding carboxylic acids is 1. The summed E-state index contributed by atoms with van der Waals surface area (Å²) in [6, 6.07) is 0.232. The Hall–Kier alpha value is -0.830. The molecule has 2 unspecified atom stereocenters. The van der Waals surface area contributed by atoms with Crippen LogP contribution >= 0.6 is 0 Å². The van der Waals surface area contributed by atoms with Crippen LogP contribution in [0.2, 0.25) is 0 Å². The topological polar surface area (TPSA) is 46.3 Å². The molecule has 0 aromatic rings. The molecule has 0 aromatic heterocycles. The quantitative estimate of drug-likeness (QED) is 0.676. The maximum Gasteiger partial charge on any atom is 0.225 e. The second kappa shape index (κ2) is 7.44. The summed E-state index contributed by atoms with van der Waals surface area (Å²) in [4.78, 5) is 13.7. The van der Waals surface area contributed by atoms with Crippen LogP contribution in [-0.2, 0) is 4.79 Å². The van der Waals surface area contributed by atoms with Gasteiger partial charge < -0.3 is 10.6 Å². The number of rotatable bonds is 7. The SMILES string of the molecule is C=C(C)CN(C)C(=O)C(C)CCCC(C)N. The van der Waals surface area contributed by atoms with Crippen molar-refractivity contribution in [1.82, 2.24) is 4.90 Å². The first kappa shape index (κ1) is 15.2. The van der Waals surface area contributed by atoms with Crippen molar-refractivity contribution in [3.63, 3.8) is 0 Å². The van der Waals surface area contributed by atoms with E-state index in [0.717, 1.165) is 24.8 Å². The van der Waals surface area contributed by atoms with Gasteiger partial charge in [-0.1, -0.05) is 25.5 Å². The predicted molar refractivity (Wildman–Crippen MR) is 69.1 cm³/mol. The van der Waals surface area contributed by atoms with E-state index in [0.29, 0.717) is 6.54 Å². The van der Waals surface area contributed by atoms with E-state index in [9.17, 15) is 4.79 Å². The molecule has 3 heteroatoms. The van der Waals surface area contributed by atoms with Crippen LogP contribution in [-0.4, -0.2) is 30.4 Å². The molecule has 0 saturated heterocycles. The van der Waals surface area contributed by atoms with E-state index < -0.39 is 0 Å². The van der Waals surface area contributed by atoms with Gasteiger partial charge in [-0.05, 0) is 26.7 Å². The van der Waals surface area contributed by atoms with E-state index in [4.69, 9.17) is 5.73 Å². The maximum atomic E-state index is 11.9. The Labute approximate surface area is 99.7 Å². The molecule has 16 heavy (non-hydrogen) atoms. The molecule has 0 saturated carbocycles. The molecule has 0 rings (SSSR count). The van der Waals surface area contributed by atoms with Gasteiger partial charge >= 0.3 is 0 Å². The third-order valence-electron chi connectivity index (χ3n) is 2.60. The molecule has 1 amide bonds. The van der Waals surface area contributed by atoms with Gasteiger partial charge in [0.2, 0.25) is 5.91 Å². The lowest BCUT2D eigenvalue weighted by Gasteiger charge is -2.21. The first-order chi connectivity index (χ1) is 7.34. The van der Waals surface area contributed by atoms with Crippen molar-refractivity contribution in [3.8, 4) is 0 Å². The molecule has 0 spiro atoms. The summed E-state index contributed by atoms with van der Waals surface area (Å²) >= 11 is 0. The van der Waals surface area contributed by atoms with E-state index in [-0.39, 0.29) is 17.9 Å². The van der Waals surface area contributed by atoms with Gasteiger partial charge in [-0.3, -0.25) is 4.79 Å². The summed E-state index contributed by atoms with van der Waals surface area (Å²) in [5.41, 5.74) is 6.69. The minimum atomic E-state index is 0.0862. The van der Waals surface area contributed by atoms with Crippen molar-refractivity contribution in [2.45, 2.75) is 46.1 Å². The fraction of sp³-hybridized carbons (Fsp3) is 0.769. The van der Waals surface area contributed by atoms with E-state index in [2.05, 4.69) is 6.58 Å². The van der Waals surface area contributed by atoms with Crippen molar-refractivity contribution in [2.75, 3.05) is 13.6 Å². The largest absolute Gasteiger partial charge is 0.342 e. The molecule has 94 valence electrons. The van der Waals surface area contributed by atoms with Gasteiger partial charge in [0, 0.05) is 25.6 Å². The highest BCUT2D eigenvalue weighted by Crippen LogP contribution is 2.12. The van der Waals surface area contributed by atoms with Crippen molar-refractivity contribution in [3.05, 3.63) is 12.2 Å². The highest BCUT2D eigenvalue weighted by atomic mass is 16.2. The van der Waals surface area contributed by atoms with Crippen LogP contribution in [0.25, 0.3) is 0 Å². The van der Waals surface area contributed by atoms with E-state index in [1.54, 1.807) is 4.90 Å². The minimum Gasteiger partial charge on any atom is -0.342 e. The highest BCUT2D eigenvalue weighted by Gasteiger charge is 2.16. The van der Waals surface area contributed by atoms with Crippen LogP contribution in [0.5, 0.6) is 0 Å². The number of nitrogens with zero attached hydrogens (tertiary/aromatic N) is 1. The lowest BCUT2D eigenvalue weighted by atomic mass is 10.0. The van der Waals surface area contributed by atoms with Crippen LogP contribution in [0.15, 0.2) is 12.2 Å². The predicted octanol–water partition coefficient (Wildman–Crippen LogP) is 2.17. The molecule has 3 nitrogen and oxygen atoms in total. The van der Waals surface area contributed by atoms with E-state index >= 15 is 0 Å². The van der Waals surface area contributed by atoms with Crippen molar-refractivity contribution < 1.29 is 4.79 Å². The molecular weight excluding hydrogens is 200 g/mol. The molecule has 0 bridgehead atoms. The zero-order chi connectivity index (χ0) is 12.7. The first-order valence-electron chi connectivity index (χ1n) is 5.99. The molecule has 0 aliphatic heterocycles. The average molecular weight is 226 g/mol. The number of carbonyl (C=O) groups is 1. The highest BCUT2D eigenvalue weighted by molar-refractivity contribution is 5.78. The fourth-order valence-electron chi connectivity index (χ4n) is 1.73. The van der Waals surface area contributed by atoms with Crippen molar-refractivity contribution in [2.24, 2.45) is 11.7 Å². The number of amides is 1. The summed E-state index contributed by atoms with van der Waals surface area (Å²) in [6.07, 6.45) is 2.92. The van der Waals surface area contributed by atoms with Gasteiger partial charge in [0.1, 0.15) is 0 Å². The molecule has 0 heterocycles. The normalized spacial score (nSPS) is 14.3. The molecular formula is C13H26N2O. The molecule has 2 N–H and O–H groups in total. The third kappa shape index (κ3) is 6.62. The second-order valence-corrected chi connectivity index (χ2v) is 4.96. The Morgan fingerprint density at radius 2 is 1.94 bits per heavy atom. The average Bonchev–Trinajstić information content (AvgIpc) is 2.14. The maximum absolute atomic E-state index is 11.9. The number of hydrogen-bond donors (Lipinski definition) is 1. The number of nitrogens with two attached hydrogens (primary N) is 1. The Morgan fingerprint density at radius 1 is 1.38 bits per heavy atom. The van der Waals surface area contributed by atoms with E-state index in [1.165, 1.54) is 0 Å². The van der Waals surface area contributed by atoms with Crippen LogP contribution in [0.3, 0.4) is 0 Å². The summed E-state index contributed by atoms with van der Waals surface area (Å²) in [6.45, 7) is 10.4. The van der Waals surface area contributed by atoms with Crippen LogP contribution in [0.4, 0.5) is 0 Å². The van der Waals surface area contributed by atoms with Gasteiger partial charge in [0.15, 0.2) is 0 Å². The van der Waals surface area contributed by atoms with Crippen LogP contribution in [0.1, 0.15) is 40.0 Å². The van der Waals surface area contributed by atoms with Gasteiger partial charge in [-0.2, -0.15) is 0 Å². The summed E-state index contributed by atoms with van der Waals surface area (Å²) < 4.78 is 0. The molecule has 0 aliphatic carbocycles. The van der Waals surface area contributed by atoms with Crippen molar-refractivity contribution in [1.29, 1.82) is 0 Å². The second-order valence-electron chi connectivity index (χ2n) is 4.96.